The molecule has 2 amide bonds. The van der Waals surface area contributed by atoms with E-state index in [-0.39, 0.29) is 18.4 Å². The van der Waals surface area contributed by atoms with Gasteiger partial charge in [0.15, 0.2) is 0 Å². The number of rotatable bonds is 5. The number of pyridine rings is 1. The van der Waals surface area contributed by atoms with Gasteiger partial charge in [0.1, 0.15) is 6.04 Å². The third-order valence-electron chi connectivity index (χ3n) is 5.67. The van der Waals surface area contributed by atoms with Gasteiger partial charge in [-0.3, -0.25) is 14.6 Å². The molecule has 1 aromatic heterocycles. The maximum atomic E-state index is 12.8. The van der Waals surface area contributed by atoms with Crippen LogP contribution in [0.4, 0.5) is 0 Å². The van der Waals surface area contributed by atoms with Crippen LogP contribution in [0.5, 0.6) is 0 Å². The highest BCUT2D eigenvalue weighted by Crippen LogP contribution is 2.24. The fraction of sp³-hybridized carbons (Fsp3) is 0.455. The Hall–Kier alpha value is -2.63. The van der Waals surface area contributed by atoms with Crippen molar-refractivity contribution >= 4 is 34.5 Å². The summed E-state index contributed by atoms with van der Waals surface area (Å²) in [4.78, 5) is 31.1. The van der Waals surface area contributed by atoms with Crippen molar-refractivity contribution in [2.24, 2.45) is 5.92 Å². The lowest BCUT2D eigenvalue weighted by molar-refractivity contribution is -0.129. The van der Waals surface area contributed by atoms with Crippen LogP contribution in [0.2, 0.25) is 0 Å². The monoisotopic (exact) mass is 424 g/mol. The summed E-state index contributed by atoms with van der Waals surface area (Å²) in [7, 11) is 0. The molecule has 2 saturated heterocycles. The van der Waals surface area contributed by atoms with Crippen LogP contribution >= 0.6 is 11.8 Å². The molecule has 7 nitrogen and oxygen atoms in total. The van der Waals surface area contributed by atoms with Gasteiger partial charge in [0.05, 0.1) is 29.6 Å². The Kier molecular flexibility index (Phi) is 6.50. The molecule has 1 N–H and O–H groups in total. The third kappa shape index (κ3) is 4.58. The van der Waals surface area contributed by atoms with E-state index in [1.165, 1.54) is 10.5 Å². The molecule has 0 saturated carbocycles. The molecule has 4 rings (SSSR count). The predicted molar refractivity (Wildman–Crippen MR) is 115 cm³/mol. The number of carbonyl (C=O) groups excluding carboxylic acids is 2. The zero-order valence-corrected chi connectivity index (χ0v) is 17.5. The summed E-state index contributed by atoms with van der Waals surface area (Å²) in [6.45, 7) is 1.50. The number of aromatic nitrogens is 1. The zero-order valence-electron chi connectivity index (χ0n) is 16.7. The van der Waals surface area contributed by atoms with Crippen molar-refractivity contribution in [3.05, 3.63) is 41.6 Å². The van der Waals surface area contributed by atoms with Gasteiger partial charge >= 0.3 is 0 Å². The summed E-state index contributed by atoms with van der Waals surface area (Å²) in [6.07, 6.45) is 4.67. The molecule has 30 heavy (non-hydrogen) atoms. The second kappa shape index (κ2) is 9.45. The maximum Gasteiger partial charge on any atom is 0.252 e. The Bertz CT molecular complexity index is 984. The fourth-order valence-electron chi connectivity index (χ4n) is 3.95. The van der Waals surface area contributed by atoms with Gasteiger partial charge in [-0.25, -0.2) is 0 Å². The molecular formula is C22H24N4O3S. The van der Waals surface area contributed by atoms with Gasteiger partial charge in [0, 0.05) is 30.5 Å². The van der Waals surface area contributed by atoms with Crippen LogP contribution in [0.1, 0.15) is 28.8 Å². The second-order valence-corrected chi connectivity index (χ2v) is 8.66. The molecule has 8 heteroatoms. The predicted octanol–water partition coefficient (Wildman–Crippen LogP) is 2.36. The van der Waals surface area contributed by atoms with Gasteiger partial charge in [0.2, 0.25) is 5.91 Å². The van der Waals surface area contributed by atoms with Crippen molar-refractivity contribution in [1.82, 2.24) is 15.2 Å². The number of hydrogen-bond acceptors (Lipinski definition) is 6. The van der Waals surface area contributed by atoms with Crippen LogP contribution in [-0.2, 0) is 16.0 Å². The standard InChI is InChI=1S/C22H24N4O3S/c23-11-17-13-30-14-26(17)21(27)12-25-22(28)18-3-6-24-20-2-1-16(10-19(18)20)9-15-4-7-29-8-5-15/h1-3,6,10,15,17H,4-5,7-9,12-14H2,(H,25,28). The molecule has 0 bridgehead atoms. The summed E-state index contributed by atoms with van der Waals surface area (Å²) < 4.78 is 5.44. The Balaban J connectivity index is 1.47. The van der Waals surface area contributed by atoms with Crippen molar-refractivity contribution in [3.63, 3.8) is 0 Å². The number of nitrogens with zero attached hydrogens (tertiary/aromatic N) is 3. The largest absolute Gasteiger partial charge is 0.381 e. The minimum Gasteiger partial charge on any atom is -0.381 e. The van der Waals surface area contributed by atoms with Gasteiger partial charge in [-0.15, -0.1) is 11.8 Å². The van der Waals surface area contributed by atoms with Gasteiger partial charge in [0.25, 0.3) is 5.91 Å². The molecule has 2 aliphatic heterocycles. The molecule has 0 aliphatic carbocycles. The number of fused-ring (bicyclic) bond motifs is 1. The van der Waals surface area contributed by atoms with Crippen molar-refractivity contribution in [2.75, 3.05) is 31.4 Å². The summed E-state index contributed by atoms with van der Waals surface area (Å²) >= 11 is 1.55. The Morgan fingerprint density at radius 1 is 1.30 bits per heavy atom. The SMILES string of the molecule is N#CC1CSCN1C(=O)CNC(=O)c1ccnc2ccc(CC3CCOCC3)cc12. The van der Waals surface area contributed by atoms with Crippen molar-refractivity contribution in [2.45, 2.75) is 25.3 Å². The molecule has 2 aromatic rings. The van der Waals surface area contributed by atoms with Gasteiger partial charge < -0.3 is 15.0 Å². The molecule has 1 unspecified atom stereocenters. The molecule has 1 aromatic carbocycles. The molecule has 156 valence electrons. The molecule has 2 fully saturated rings. The number of thioether (sulfide) groups is 1. The van der Waals surface area contributed by atoms with E-state index in [4.69, 9.17) is 10.00 Å². The number of amides is 2. The van der Waals surface area contributed by atoms with Crippen molar-refractivity contribution < 1.29 is 14.3 Å². The minimum absolute atomic E-state index is 0.122. The summed E-state index contributed by atoms with van der Waals surface area (Å²) in [5.74, 6) is 1.15. The number of benzene rings is 1. The number of nitrogens with one attached hydrogen (secondary N) is 1. The van der Waals surface area contributed by atoms with E-state index in [0.29, 0.717) is 23.1 Å². The van der Waals surface area contributed by atoms with Crippen molar-refractivity contribution in [3.8, 4) is 6.07 Å². The quantitative estimate of drug-likeness (QED) is 0.792. The molecule has 0 spiro atoms. The summed E-state index contributed by atoms with van der Waals surface area (Å²) in [5.41, 5.74) is 2.44. The number of ether oxygens (including phenoxy) is 1. The van der Waals surface area contributed by atoms with Crippen LogP contribution in [0.3, 0.4) is 0 Å². The average molecular weight is 425 g/mol. The van der Waals surface area contributed by atoms with E-state index < -0.39 is 6.04 Å². The first-order valence-corrected chi connectivity index (χ1v) is 11.3. The Morgan fingerprint density at radius 2 is 2.13 bits per heavy atom. The smallest absolute Gasteiger partial charge is 0.252 e. The highest BCUT2D eigenvalue weighted by Gasteiger charge is 2.29. The van der Waals surface area contributed by atoms with Crippen LogP contribution in [0.15, 0.2) is 30.5 Å². The van der Waals surface area contributed by atoms with Crippen LogP contribution in [-0.4, -0.2) is 59.1 Å². The van der Waals surface area contributed by atoms with E-state index in [2.05, 4.69) is 22.4 Å². The van der Waals surface area contributed by atoms with E-state index in [0.717, 1.165) is 43.4 Å². The molecule has 1 atom stereocenters. The number of hydrogen-bond donors (Lipinski definition) is 1. The highest BCUT2D eigenvalue weighted by atomic mass is 32.2. The second-order valence-electron chi connectivity index (χ2n) is 7.66. The summed E-state index contributed by atoms with van der Waals surface area (Å²) in [5, 5.41) is 12.7. The lowest BCUT2D eigenvalue weighted by Gasteiger charge is -2.22. The summed E-state index contributed by atoms with van der Waals surface area (Å²) in [6, 6.07) is 9.46. The first kappa shape index (κ1) is 20.6. The normalized spacial score (nSPS) is 19.6. The van der Waals surface area contributed by atoms with Crippen molar-refractivity contribution in [1.29, 1.82) is 5.26 Å². The highest BCUT2D eigenvalue weighted by molar-refractivity contribution is 7.99. The van der Waals surface area contributed by atoms with Crippen LogP contribution in [0, 0.1) is 17.2 Å². The molecule has 0 radical (unpaired) electrons. The number of carbonyl (C=O) groups is 2. The molecular weight excluding hydrogens is 400 g/mol. The number of nitriles is 1. The van der Waals surface area contributed by atoms with Gasteiger partial charge in [-0.2, -0.15) is 5.26 Å². The van der Waals surface area contributed by atoms with E-state index in [9.17, 15) is 9.59 Å². The van der Waals surface area contributed by atoms with E-state index >= 15 is 0 Å². The maximum absolute atomic E-state index is 12.8. The van der Waals surface area contributed by atoms with E-state index in [1.807, 2.05) is 12.1 Å². The lowest BCUT2D eigenvalue weighted by Crippen LogP contribution is -2.42. The zero-order chi connectivity index (χ0) is 20.9. The first-order valence-electron chi connectivity index (χ1n) is 10.2. The molecule has 3 heterocycles. The Labute approximate surface area is 179 Å². The lowest BCUT2D eigenvalue weighted by atomic mass is 9.91. The Morgan fingerprint density at radius 3 is 2.93 bits per heavy atom. The first-order chi connectivity index (χ1) is 14.7. The third-order valence-corrected chi connectivity index (χ3v) is 6.68. The van der Waals surface area contributed by atoms with Crippen LogP contribution < -0.4 is 5.32 Å². The van der Waals surface area contributed by atoms with E-state index in [1.54, 1.807) is 24.0 Å². The minimum atomic E-state index is -0.422. The molecule has 2 aliphatic rings. The fourth-order valence-corrected chi connectivity index (χ4v) is 5.05. The van der Waals surface area contributed by atoms with Gasteiger partial charge in [-0.05, 0) is 48.9 Å². The van der Waals surface area contributed by atoms with Gasteiger partial charge in [-0.1, -0.05) is 6.07 Å². The topological polar surface area (TPSA) is 95.3 Å². The average Bonchev–Trinajstić information content (AvgIpc) is 3.26. The van der Waals surface area contributed by atoms with Crippen LogP contribution in [0.25, 0.3) is 10.9 Å².